The maximum Gasteiger partial charge on any atom is 0.226 e. The van der Waals surface area contributed by atoms with Crippen molar-refractivity contribution in [2.45, 2.75) is 6.92 Å². The van der Waals surface area contributed by atoms with Crippen LogP contribution in [-0.2, 0) is 0 Å². The van der Waals surface area contributed by atoms with Gasteiger partial charge in [0.1, 0.15) is 16.5 Å². The summed E-state index contributed by atoms with van der Waals surface area (Å²) in [5.41, 5.74) is 1.82. The summed E-state index contributed by atoms with van der Waals surface area (Å²) in [4.78, 5) is 8.75. The lowest BCUT2D eigenvalue weighted by molar-refractivity contribution is 0.543. The number of rotatable bonds is 2. The maximum absolute atomic E-state index is 5.68. The van der Waals surface area contributed by atoms with Gasteiger partial charge in [0, 0.05) is 17.1 Å². The standard InChI is InChI=1S/C13H10N2OS/c1-9-11(13-14-7-8-17-13)15-12(16-9)10-5-3-2-4-6-10/h2-8H,1H3. The molecule has 1 aromatic carbocycles. The SMILES string of the molecule is Cc1oc(-c2ccccc2)nc1-c1nccs1. The Labute approximate surface area is 103 Å². The first-order valence-corrected chi connectivity index (χ1v) is 6.15. The van der Waals surface area contributed by atoms with E-state index in [0.29, 0.717) is 5.89 Å². The van der Waals surface area contributed by atoms with Crippen LogP contribution in [-0.4, -0.2) is 9.97 Å². The molecule has 3 rings (SSSR count). The zero-order valence-corrected chi connectivity index (χ0v) is 10.1. The van der Waals surface area contributed by atoms with Gasteiger partial charge in [-0.1, -0.05) is 18.2 Å². The summed E-state index contributed by atoms with van der Waals surface area (Å²) in [5, 5.41) is 2.83. The highest BCUT2D eigenvalue weighted by molar-refractivity contribution is 7.13. The quantitative estimate of drug-likeness (QED) is 0.686. The van der Waals surface area contributed by atoms with Crippen molar-refractivity contribution in [3.8, 4) is 22.2 Å². The molecule has 0 aliphatic rings. The molecule has 3 nitrogen and oxygen atoms in total. The summed E-state index contributed by atoms with van der Waals surface area (Å²) in [5.74, 6) is 1.45. The van der Waals surface area contributed by atoms with E-state index < -0.39 is 0 Å². The van der Waals surface area contributed by atoms with Crippen molar-refractivity contribution in [1.29, 1.82) is 0 Å². The normalized spacial score (nSPS) is 10.6. The number of aryl methyl sites for hydroxylation is 1. The van der Waals surface area contributed by atoms with E-state index in [9.17, 15) is 0 Å². The minimum atomic E-state index is 0.647. The van der Waals surface area contributed by atoms with Gasteiger partial charge in [0.15, 0.2) is 0 Å². The van der Waals surface area contributed by atoms with Gasteiger partial charge in [0.05, 0.1) is 0 Å². The Kier molecular flexibility index (Phi) is 2.49. The van der Waals surface area contributed by atoms with Crippen molar-refractivity contribution in [2.24, 2.45) is 0 Å². The lowest BCUT2D eigenvalue weighted by Crippen LogP contribution is -1.79. The van der Waals surface area contributed by atoms with Gasteiger partial charge < -0.3 is 4.42 Å². The lowest BCUT2D eigenvalue weighted by Gasteiger charge is -1.91. The average Bonchev–Trinajstić information content (AvgIpc) is 2.99. The van der Waals surface area contributed by atoms with Gasteiger partial charge in [-0.15, -0.1) is 11.3 Å². The van der Waals surface area contributed by atoms with Gasteiger partial charge in [-0.2, -0.15) is 0 Å². The minimum Gasteiger partial charge on any atom is -0.441 e. The molecule has 0 unspecified atom stereocenters. The Balaban J connectivity index is 2.08. The van der Waals surface area contributed by atoms with Gasteiger partial charge in [-0.05, 0) is 19.1 Å². The predicted octanol–water partition coefficient (Wildman–Crippen LogP) is 3.77. The van der Waals surface area contributed by atoms with E-state index >= 15 is 0 Å². The molecule has 0 atom stereocenters. The van der Waals surface area contributed by atoms with E-state index in [4.69, 9.17) is 4.42 Å². The van der Waals surface area contributed by atoms with Crippen molar-refractivity contribution in [3.05, 3.63) is 47.7 Å². The van der Waals surface area contributed by atoms with Crippen LogP contribution in [0.25, 0.3) is 22.2 Å². The average molecular weight is 242 g/mol. The molecule has 0 fully saturated rings. The van der Waals surface area contributed by atoms with Crippen LogP contribution in [0.15, 0.2) is 46.3 Å². The number of aromatic nitrogens is 2. The van der Waals surface area contributed by atoms with Crippen LogP contribution in [0.2, 0.25) is 0 Å². The van der Waals surface area contributed by atoms with Crippen molar-refractivity contribution in [2.75, 3.05) is 0 Å². The summed E-state index contributed by atoms with van der Waals surface area (Å²) in [6, 6.07) is 9.88. The van der Waals surface area contributed by atoms with E-state index in [-0.39, 0.29) is 0 Å². The number of nitrogens with zero attached hydrogens (tertiary/aromatic N) is 2. The van der Waals surface area contributed by atoms with Crippen LogP contribution in [0.4, 0.5) is 0 Å². The number of hydrogen-bond acceptors (Lipinski definition) is 4. The van der Waals surface area contributed by atoms with Crippen LogP contribution >= 0.6 is 11.3 Å². The molecule has 2 aromatic heterocycles. The van der Waals surface area contributed by atoms with Crippen LogP contribution in [0.1, 0.15) is 5.76 Å². The zero-order chi connectivity index (χ0) is 11.7. The molecule has 0 saturated carbocycles. The third-order valence-corrected chi connectivity index (χ3v) is 3.23. The molecular weight excluding hydrogens is 232 g/mol. The highest BCUT2D eigenvalue weighted by Gasteiger charge is 2.14. The first kappa shape index (κ1) is 10.2. The number of benzene rings is 1. The molecule has 0 N–H and O–H groups in total. The lowest BCUT2D eigenvalue weighted by atomic mass is 10.2. The van der Waals surface area contributed by atoms with Crippen LogP contribution in [0, 0.1) is 6.92 Å². The molecule has 0 bridgehead atoms. The molecule has 0 radical (unpaired) electrons. The molecule has 0 spiro atoms. The third kappa shape index (κ3) is 1.87. The van der Waals surface area contributed by atoms with Crippen LogP contribution in [0.3, 0.4) is 0 Å². The Morgan fingerprint density at radius 3 is 2.71 bits per heavy atom. The van der Waals surface area contributed by atoms with E-state index in [1.165, 1.54) is 0 Å². The highest BCUT2D eigenvalue weighted by atomic mass is 32.1. The Morgan fingerprint density at radius 1 is 1.18 bits per heavy atom. The molecule has 3 aromatic rings. The number of hydrogen-bond donors (Lipinski definition) is 0. The van der Waals surface area contributed by atoms with Gasteiger partial charge in [0.2, 0.25) is 5.89 Å². The van der Waals surface area contributed by atoms with E-state index in [1.54, 1.807) is 17.5 Å². The Hall–Kier alpha value is -1.94. The van der Waals surface area contributed by atoms with Gasteiger partial charge in [-0.3, -0.25) is 0 Å². The summed E-state index contributed by atoms with van der Waals surface area (Å²) in [6.45, 7) is 1.91. The van der Waals surface area contributed by atoms with Gasteiger partial charge in [0.25, 0.3) is 0 Å². The predicted molar refractivity (Wildman–Crippen MR) is 67.8 cm³/mol. The summed E-state index contributed by atoms with van der Waals surface area (Å²) >= 11 is 1.57. The molecule has 0 aliphatic carbocycles. The second kappa shape index (κ2) is 4.14. The fourth-order valence-corrected chi connectivity index (χ4v) is 2.31. The smallest absolute Gasteiger partial charge is 0.226 e. The minimum absolute atomic E-state index is 0.647. The molecule has 84 valence electrons. The Bertz CT molecular complexity index is 614. The molecular formula is C13H10N2OS. The molecule has 0 aliphatic heterocycles. The van der Waals surface area contributed by atoms with Crippen molar-refractivity contribution < 1.29 is 4.42 Å². The van der Waals surface area contributed by atoms with Crippen molar-refractivity contribution >= 4 is 11.3 Å². The molecule has 17 heavy (non-hydrogen) atoms. The van der Waals surface area contributed by atoms with E-state index in [0.717, 1.165) is 22.0 Å². The number of thiazole rings is 1. The molecule has 0 amide bonds. The van der Waals surface area contributed by atoms with Crippen molar-refractivity contribution in [1.82, 2.24) is 9.97 Å². The largest absolute Gasteiger partial charge is 0.441 e. The molecule has 0 saturated heterocycles. The fraction of sp³-hybridized carbons (Fsp3) is 0.0769. The monoisotopic (exact) mass is 242 g/mol. The maximum atomic E-state index is 5.68. The highest BCUT2D eigenvalue weighted by Crippen LogP contribution is 2.29. The topological polar surface area (TPSA) is 38.9 Å². The third-order valence-electron chi connectivity index (χ3n) is 2.45. The number of oxazole rings is 1. The summed E-state index contributed by atoms with van der Waals surface area (Å²) < 4.78 is 5.68. The van der Waals surface area contributed by atoms with Crippen LogP contribution < -0.4 is 0 Å². The van der Waals surface area contributed by atoms with Crippen LogP contribution in [0.5, 0.6) is 0 Å². The summed E-state index contributed by atoms with van der Waals surface area (Å²) in [6.07, 6.45) is 1.77. The fourth-order valence-electron chi connectivity index (χ4n) is 1.64. The first-order chi connectivity index (χ1) is 8.34. The molecule has 2 heterocycles. The van der Waals surface area contributed by atoms with E-state index in [2.05, 4.69) is 9.97 Å². The first-order valence-electron chi connectivity index (χ1n) is 5.27. The van der Waals surface area contributed by atoms with Gasteiger partial charge >= 0.3 is 0 Å². The van der Waals surface area contributed by atoms with Gasteiger partial charge in [-0.25, -0.2) is 9.97 Å². The second-order valence-electron chi connectivity index (χ2n) is 3.63. The van der Waals surface area contributed by atoms with E-state index in [1.807, 2.05) is 42.6 Å². The Morgan fingerprint density at radius 2 is 2.00 bits per heavy atom. The molecule has 4 heteroatoms. The summed E-state index contributed by atoms with van der Waals surface area (Å²) in [7, 11) is 0. The second-order valence-corrected chi connectivity index (χ2v) is 4.52. The zero-order valence-electron chi connectivity index (χ0n) is 9.25. The van der Waals surface area contributed by atoms with Crippen molar-refractivity contribution in [3.63, 3.8) is 0 Å².